The molecule has 0 aromatic heterocycles. The molecule has 0 bridgehead atoms. The molecule has 0 radical (unpaired) electrons. The minimum Gasteiger partial charge on any atom is -0.343 e. The number of nitrogens with one attached hydrogen (secondary N) is 1. The first kappa shape index (κ1) is 13.6. The summed E-state index contributed by atoms with van der Waals surface area (Å²) in [5, 5.41) is 2.69. The SMILES string of the molecule is Cc1cccc(C(=O)NCC(=O)N2CCCCC2)c1. The van der Waals surface area contributed by atoms with Gasteiger partial charge in [-0.3, -0.25) is 9.59 Å². The van der Waals surface area contributed by atoms with Crippen molar-refractivity contribution >= 4 is 11.8 Å². The number of benzene rings is 1. The number of hydrogen-bond donors (Lipinski definition) is 1. The van der Waals surface area contributed by atoms with E-state index < -0.39 is 0 Å². The largest absolute Gasteiger partial charge is 0.343 e. The molecule has 1 N–H and O–H groups in total. The highest BCUT2D eigenvalue weighted by molar-refractivity contribution is 5.96. The van der Waals surface area contributed by atoms with Crippen LogP contribution in [0.15, 0.2) is 24.3 Å². The van der Waals surface area contributed by atoms with E-state index in [4.69, 9.17) is 0 Å². The quantitative estimate of drug-likeness (QED) is 0.900. The number of aryl methyl sites for hydroxylation is 1. The number of piperidine rings is 1. The lowest BCUT2D eigenvalue weighted by Gasteiger charge is -2.26. The Morgan fingerprint density at radius 3 is 2.63 bits per heavy atom. The van der Waals surface area contributed by atoms with Crippen molar-refractivity contribution in [3.05, 3.63) is 35.4 Å². The number of hydrogen-bond acceptors (Lipinski definition) is 2. The van der Waals surface area contributed by atoms with Crippen LogP contribution in [0.4, 0.5) is 0 Å². The van der Waals surface area contributed by atoms with Gasteiger partial charge in [-0.15, -0.1) is 0 Å². The third-order valence-electron chi connectivity index (χ3n) is 3.39. The topological polar surface area (TPSA) is 49.4 Å². The van der Waals surface area contributed by atoms with Crippen molar-refractivity contribution in [2.75, 3.05) is 19.6 Å². The highest BCUT2D eigenvalue weighted by Gasteiger charge is 2.17. The average Bonchev–Trinajstić information content (AvgIpc) is 2.45. The number of likely N-dealkylation sites (tertiary alicyclic amines) is 1. The first-order chi connectivity index (χ1) is 9.16. The summed E-state index contributed by atoms with van der Waals surface area (Å²) >= 11 is 0. The number of amides is 2. The lowest BCUT2D eigenvalue weighted by molar-refractivity contribution is -0.130. The molecule has 1 aliphatic heterocycles. The standard InChI is InChI=1S/C15H20N2O2/c1-12-6-5-7-13(10-12)15(19)16-11-14(18)17-8-3-2-4-9-17/h5-7,10H,2-4,8-9,11H2,1H3,(H,16,19). The molecule has 2 amide bonds. The van der Waals surface area contributed by atoms with E-state index in [-0.39, 0.29) is 18.4 Å². The summed E-state index contributed by atoms with van der Waals surface area (Å²) in [6, 6.07) is 7.36. The van der Waals surface area contributed by atoms with Gasteiger partial charge in [0.15, 0.2) is 0 Å². The lowest BCUT2D eigenvalue weighted by atomic mass is 10.1. The van der Waals surface area contributed by atoms with E-state index in [1.54, 1.807) is 6.07 Å². The van der Waals surface area contributed by atoms with Crippen LogP contribution in [0.1, 0.15) is 35.2 Å². The molecule has 102 valence electrons. The van der Waals surface area contributed by atoms with Gasteiger partial charge in [0, 0.05) is 18.7 Å². The van der Waals surface area contributed by atoms with Gasteiger partial charge in [0.2, 0.25) is 5.91 Å². The van der Waals surface area contributed by atoms with E-state index >= 15 is 0 Å². The molecular formula is C15H20N2O2. The van der Waals surface area contributed by atoms with Gasteiger partial charge in [-0.1, -0.05) is 17.7 Å². The maximum absolute atomic E-state index is 11.9. The van der Waals surface area contributed by atoms with Crippen molar-refractivity contribution in [3.63, 3.8) is 0 Å². The summed E-state index contributed by atoms with van der Waals surface area (Å²) in [4.78, 5) is 25.6. The van der Waals surface area contributed by atoms with Gasteiger partial charge in [-0.05, 0) is 38.3 Å². The summed E-state index contributed by atoms with van der Waals surface area (Å²) in [6.45, 7) is 3.67. The van der Waals surface area contributed by atoms with Crippen LogP contribution in [-0.4, -0.2) is 36.3 Å². The predicted molar refractivity (Wildman–Crippen MR) is 73.9 cm³/mol. The summed E-state index contributed by atoms with van der Waals surface area (Å²) in [6.07, 6.45) is 3.33. The molecule has 1 heterocycles. The summed E-state index contributed by atoms with van der Waals surface area (Å²) < 4.78 is 0. The molecule has 0 saturated carbocycles. The second-order valence-corrected chi connectivity index (χ2v) is 4.99. The Labute approximate surface area is 113 Å². The molecule has 4 nitrogen and oxygen atoms in total. The number of rotatable bonds is 3. The van der Waals surface area contributed by atoms with E-state index in [1.165, 1.54) is 6.42 Å². The second-order valence-electron chi connectivity index (χ2n) is 4.99. The first-order valence-electron chi connectivity index (χ1n) is 6.79. The van der Waals surface area contributed by atoms with E-state index in [0.717, 1.165) is 31.5 Å². The molecule has 1 aromatic rings. The Morgan fingerprint density at radius 2 is 1.95 bits per heavy atom. The highest BCUT2D eigenvalue weighted by atomic mass is 16.2. The highest BCUT2D eigenvalue weighted by Crippen LogP contribution is 2.08. The fourth-order valence-electron chi connectivity index (χ4n) is 2.30. The Balaban J connectivity index is 1.84. The number of carbonyl (C=O) groups is 2. The Morgan fingerprint density at radius 1 is 1.21 bits per heavy atom. The first-order valence-corrected chi connectivity index (χ1v) is 6.79. The van der Waals surface area contributed by atoms with Crippen LogP contribution in [0.3, 0.4) is 0 Å². The van der Waals surface area contributed by atoms with Crippen LogP contribution in [0.2, 0.25) is 0 Å². The molecular weight excluding hydrogens is 240 g/mol. The third kappa shape index (κ3) is 3.81. The van der Waals surface area contributed by atoms with Crippen LogP contribution in [-0.2, 0) is 4.79 Å². The summed E-state index contributed by atoms with van der Waals surface area (Å²) in [5.74, 6) is -0.172. The smallest absolute Gasteiger partial charge is 0.251 e. The minimum atomic E-state index is -0.186. The third-order valence-corrected chi connectivity index (χ3v) is 3.39. The van der Waals surface area contributed by atoms with Crippen LogP contribution >= 0.6 is 0 Å². The molecule has 1 fully saturated rings. The Hall–Kier alpha value is -1.84. The molecule has 1 aromatic carbocycles. The maximum atomic E-state index is 11.9. The van der Waals surface area contributed by atoms with Crippen LogP contribution < -0.4 is 5.32 Å². The van der Waals surface area contributed by atoms with Crippen molar-refractivity contribution in [1.29, 1.82) is 0 Å². The van der Waals surface area contributed by atoms with Crippen LogP contribution in [0, 0.1) is 6.92 Å². The second kappa shape index (κ2) is 6.36. The average molecular weight is 260 g/mol. The maximum Gasteiger partial charge on any atom is 0.251 e. The molecule has 0 spiro atoms. The van der Waals surface area contributed by atoms with Gasteiger partial charge in [-0.25, -0.2) is 0 Å². The summed E-state index contributed by atoms with van der Waals surface area (Å²) in [7, 11) is 0. The van der Waals surface area contributed by atoms with Gasteiger partial charge < -0.3 is 10.2 Å². The molecule has 2 rings (SSSR count). The van der Waals surface area contributed by atoms with Gasteiger partial charge in [-0.2, -0.15) is 0 Å². The number of nitrogens with zero attached hydrogens (tertiary/aromatic N) is 1. The zero-order valence-electron chi connectivity index (χ0n) is 11.3. The zero-order valence-corrected chi connectivity index (χ0v) is 11.3. The van der Waals surface area contributed by atoms with E-state index in [0.29, 0.717) is 5.56 Å². The fraction of sp³-hybridized carbons (Fsp3) is 0.467. The monoisotopic (exact) mass is 260 g/mol. The zero-order chi connectivity index (χ0) is 13.7. The minimum absolute atomic E-state index is 0.0145. The van der Waals surface area contributed by atoms with E-state index in [1.807, 2.05) is 30.0 Å². The van der Waals surface area contributed by atoms with Gasteiger partial charge in [0.05, 0.1) is 6.54 Å². The lowest BCUT2D eigenvalue weighted by Crippen LogP contribution is -2.42. The van der Waals surface area contributed by atoms with Gasteiger partial charge in [0.1, 0.15) is 0 Å². The van der Waals surface area contributed by atoms with Crippen molar-refractivity contribution < 1.29 is 9.59 Å². The fourth-order valence-corrected chi connectivity index (χ4v) is 2.30. The molecule has 0 unspecified atom stereocenters. The van der Waals surface area contributed by atoms with E-state index in [2.05, 4.69) is 5.32 Å². The molecule has 19 heavy (non-hydrogen) atoms. The molecule has 4 heteroatoms. The normalized spacial score (nSPS) is 15.1. The molecule has 0 atom stereocenters. The van der Waals surface area contributed by atoms with Gasteiger partial charge in [0.25, 0.3) is 5.91 Å². The Bertz CT molecular complexity index is 465. The van der Waals surface area contributed by atoms with Crippen molar-refractivity contribution in [2.45, 2.75) is 26.2 Å². The molecule has 1 saturated heterocycles. The van der Waals surface area contributed by atoms with Crippen LogP contribution in [0.5, 0.6) is 0 Å². The number of carbonyl (C=O) groups excluding carboxylic acids is 2. The van der Waals surface area contributed by atoms with E-state index in [9.17, 15) is 9.59 Å². The van der Waals surface area contributed by atoms with Crippen molar-refractivity contribution in [3.8, 4) is 0 Å². The molecule has 1 aliphatic rings. The van der Waals surface area contributed by atoms with Gasteiger partial charge >= 0.3 is 0 Å². The predicted octanol–water partition coefficient (Wildman–Crippen LogP) is 1.74. The van der Waals surface area contributed by atoms with Crippen molar-refractivity contribution in [2.24, 2.45) is 0 Å². The summed E-state index contributed by atoms with van der Waals surface area (Å²) in [5.41, 5.74) is 1.64. The van der Waals surface area contributed by atoms with Crippen molar-refractivity contribution in [1.82, 2.24) is 10.2 Å². The Kier molecular flexibility index (Phi) is 4.55. The van der Waals surface area contributed by atoms with Crippen LogP contribution in [0.25, 0.3) is 0 Å². The molecule has 0 aliphatic carbocycles.